The van der Waals surface area contributed by atoms with Gasteiger partial charge in [-0.05, 0) is 0 Å². The van der Waals surface area contributed by atoms with E-state index in [0.29, 0.717) is 0 Å². The molecule has 2 rings (SSSR count). The van der Waals surface area contributed by atoms with E-state index in [0.717, 1.165) is 10.7 Å². The van der Waals surface area contributed by atoms with E-state index in [4.69, 9.17) is 21.1 Å². The highest BCUT2D eigenvalue weighted by Crippen LogP contribution is 2.32. The molecule has 0 amide bonds. The van der Waals surface area contributed by atoms with Gasteiger partial charge in [-0.3, -0.25) is 0 Å². The Labute approximate surface area is 116 Å². The van der Waals surface area contributed by atoms with Crippen molar-refractivity contribution in [3.8, 4) is 17.5 Å². The Morgan fingerprint density at radius 1 is 1.25 bits per heavy atom. The minimum Gasteiger partial charge on any atom is -0.493 e. The summed E-state index contributed by atoms with van der Waals surface area (Å²) in [5.74, 6) is -0.0196. The maximum atomic E-state index is 12.5. The highest BCUT2D eigenvalue weighted by Gasteiger charge is 2.35. The van der Waals surface area contributed by atoms with Crippen LogP contribution in [0.2, 0.25) is 5.15 Å². The third kappa shape index (κ3) is 2.93. The maximum absolute atomic E-state index is 12.5. The van der Waals surface area contributed by atoms with Crippen molar-refractivity contribution in [1.29, 1.82) is 0 Å². The minimum atomic E-state index is -4.55. The molecule has 0 spiro atoms. The number of rotatable bonds is 3. The van der Waals surface area contributed by atoms with E-state index in [-0.39, 0.29) is 22.7 Å². The molecule has 0 aliphatic heterocycles. The molecule has 2 heterocycles. The molecule has 0 aliphatic carbocycles. The Bertz CT molecular complexity index is 629. The van der Waals surface area contributed by atoms with Crippen molar-refractivity contribution in [2.45, 2.75) is 6.18 Å². The number of aromatic nitrogens is 4. The Kier molecular flexibility index (Phi) is 3.71. The zero-order valence-electron chi connectivity index (χ0n) is 10.3. The van der Waals surface area contributed by atoms with Crippen LogP contribution in [0.25, 0.3) is 0 Å². The number of methoxy groups -OCH3 is 1. The van der Waals surface area contributed by atoms with Crippen molar-refractivity contribution >= 4 is 11.6 Å². The first-order valence-corrected chi connectivity index (χ1v) is 5.55. The zero-order valence-corrected chi connectivity index (χ0v) is 11.0. The lowest BCUT2D eigenvalue weighted by molar-refractivity contribution is -0.141. The predicted molar refractivity (Wildman–Crippen MR) is 61.9 cm³/mol. The summed E-state index contributed by atoms with van der Waals surface area (Å²) >= 11 is 5.67. The Balaban J connectivity index is 2.28. The van der Waals surface area contributed by atoms with Crippen LogP contribution >= 0.6 is 11.6 Å². The van der Waals surface area contributed by atoms with Crippen molar-refractivity contribution in [2.75, 3.05) is 7.11 Å². The molecule has 0 bridgehead atoms. The molecule has 0 saturated heterocycles. The second-order valence-corrected chi connectivity index (χ2v) is 3.99. The number of nitrogens with zero attached hydrogens (tertiary/aromatic N) is 4. The number of ether oxygens (including phenoxy) is 2. The van der Waals surface area contributed by atoms with Gasteiger partial charge in [0.15, 0.2) is 16.6 Å². The van der Waals surface area contributed by atoms with Crippen LogP contribution in [-0.2, 0) is 13.2 Å². The van der Waals surface area contributed by atoms with E-state index < -0.39 is 11.9 Å². The average Bonchev–Trinajstić information content (AvgIpc) is 2.73. The van der Waals surface area contributed by atoms with Crippen LogP contribution in [0, 0.1) is 0 Å². The Morgan fingerprint density at radius 3 is 2.50 bits per heavy atom. The van der Waals surface area contributed by atoms with Gasteiger partial charge in [0.2, 0.25) is 11.8 Å². The molecular weight excluding hydrogens is 301 g/mol. The van der Waals surface area contributed by atoms with E-state index >= 15 is 0 Å². The largest absolute Gasteiger partial charge is 0.493 e. The quantitative estimate of drug-likeness (QED) is 0.872. The van der Waals surface area contributed by atoms with Crippen LogP contribution in [0.5, 0.6) is 17.5 Å². The van der Waals surface area contributed by atoms with Gasteiger partial charge in [0.05, 0.1) is 7.11 Å². The van der Waals surface area contributed by atoms with Gasteiger partial charge in [-0.1, -0.05) is 11.6 Å². The molecule has 0 aliphatic rings. The smallest absolute Gasteiger partial charge is 0.435 e. The summed E-state index contributed by atoms with van der Waals surface area (Å²) in [6.45, 7) is 0. The van der Waals surface area contributed by atoms with Crippen molar-refractivity contribution in [3.63, 3.8) is 0 Å². The van der Waals surface area contributed by atoms with Crippen LogP contribution in [0.3, 0.4) is 0 Å². The van der Waals surface area contributed by atoms with Crippen LogP contribution in [0.1, 0.15) is 5.69 Å². The minimum absolute atomic E-state index is 0.0147. The van der Waals surface area contributed by atoms with Crippen LogP contribution in [0.15, 0.2) is 12.1 Å². The fourth-order valence-corrected chi connectivity index (χ4v) is 1.50. The van der Waals surface area contributed by atoms with Crippen molar-refractivity contribution < 1.29 is 22.6 Å². The van der Waals surface area contributed by atoms with Gasteiger partial charge in [0.25, 0.3) is 0 Å². The lowest BCUT2D eigenvalue weighted by Gasteiger charge is -2.05. The zero-order chi connectivity index (χ0) is 14.9. The summed E-state index contributed by atoms with van der Waals surface area (Å²) in [5, 5.41) is 10.4. The monoisotopic (exact) mass is 308 g/mol. The molecule has 108 valence electrons. The molecular formula is C10H8ClF3N4O2. The molecule has 2 aromatic rings. The summed E-state index contributed by atoms with van der Waals surface area (Å²) in [7, 11) is 2.67. The summed E-state index contributed by atoms with van der Waals surface area (Å²) < 4.78 is 48.5. The van der Waals surface area contributed by atoms with Crippen LogP contribution < -0.4 is 9.47 Å². The van der Waals surface area contributed by atoms with Gasteiger partial charge in [0, 0.05) is 19.2 Å². The predicted octanol–water partition coefficient (Wildman–Crippen LogP) is 2.68. The van der Waals surface area contributed by atoms with Gasteiger partial charge < -0.3 is 9.47 Å². The maximum Gasteiger partial charge on any atom is 0.435 e. The number of hydrogen-bond acceptors (Lipinski definition) is 5. The fourth-order valence-electron chi connectivity index (χ4n) is 1.33. The van der Waals surface area contributed by atoms with Crippen molar-refractivity contribution in [3.05, 3.63) is 23.0 Å². The molecule has 0 unspecified atom stereocenters. The highest BCUT2D eigenvalue weighted by atomic mass is 35.5. The molecule has 0 fully saturated rings. The average molecular weight is 309 g/mol. The summed E-state index contributed by atoms with van der Waals surface area (Å²) in [5.41, 5.74) is -1.07. The molecule has 10 heteroatoms. The first-order chi connectivity index (χ1) is 9.31. The standard InChI is InChI=1S/C10H8ClF3N4O2/c1-18-8(4-6(17-18)10(12,13)14)20-7-3-5(19-2)9(11)16-15-7/h3-4H,1-2H3. The third-order valence-corrected chi connectivity index (χ3v) is 2.51. The van der Waals surface area contributed by atoms with E-state index in [1.165, 1.54) is 20.2 Å². The van der Waals surface area contributed by atoms with E-state index in [1.807, 2.05) is 0 Å². The molecule has 2 aromatic heterocycles. The second-order valence-electron chi connectivity index (χ2n) is 3.63. The first kappa shape index (κ1) is 14.4. The highest BCUT2D eigenvalue weighted by molar-refractivity contribution is 6.30. The van der Waals surface area contributed by atoms with Gasteiger partial charge >= 0.3 is 6.18 Å². The topological polar surface area (TPSA) is 62.1 Å². The number of halogens is 4. The Morgan fingerprint density at radius 2 is 1.95 bits per heavy atom. The molecule has 0 atom stereocenters. The van der Waals surface area contributed by atoms with Crippen molar-refractivity contribution in [2.24, 2.45) is 7.05 Å². The van der Waals surface area contributed by atoms with E-state index in [9.17, 15) is 13.2 Å². The SMILES string of the molecule is COc1cc(Oc2cc(C(F)(F)F)nn2C)nnc1Cl. The van der Waals surface area contributed by atoms with Crippen LogP contribution in [-0.4, -0.2) is 27.1 Å². The summed E-state index contributed by atoms with van der Waals surface area (Å²) in [6.07, 6.45) is -4.55. The second kappa shape index (κ2) is 5.16. The first-order valence-electron chi connectivity index (χ1n) is 5.17. The molecule has 0 aromatic carbocycles. The summed E-state index contributed by atoms with van der Waals surface area (Å²) in [6, 6.07) is 2.05. The molecule has 0 saturated carbocycles. The van der Waals surface area contributed by atoms with Crippen LogP contribution in [0.4, 0.5) is 13.2 Å². The van der Waals surface area contributed by atoms with Gasteiger partial charge in [0.1, 0.15) is 0 Å². The molecule has 0 N–H and O–H groups in total. The lowest BCUT2D eigenvalue weighted by atomic mass is 10.4. The summed E-state index contributed by atoms with van der Waals surface area (Å²) in [4.78, 5) is 0. The Hall–Kier alpha value is -2.03. The van der Waals surface area contributed by atoms with Gasteiger partial charge in [-0.2, -0.15) is 18.3 Å². The lowest BCUT2D eigenvalue weighted by Crippen LogP contribution is -2.06. The van der Waals surface area contributed by atoms with Crippen molar-refractivity contribution in [1.82, 2.24) is 20.0 Å². The fraction of sp³-hybridized carbons (Fsp3) is 0.300. The third-order valence-electron chi connectivity index (χ3n) is 2.25. The number of alkyl halides is 3. The van der Waals surface area contributed by atoms with Gasteiger partial charge in [-0.25, -0.2) is 4.68 Å². The van der Waals surface area contributed by atoms with E-state index in [2.05, 4.69) is 15.3 Å². The number of aryl methyl sites for hydroxylation is 1. The molecule has 0 radical (unpaired) electrons. The molecule has 6 nitrogen and oxygen atoms in total. The van der Waals surface area contributed by atoms with Gasteiger partial charge in [-0.15, -0.1) is 10.2 Å². The number of hydrogen-bond donors (Lipinski definition) is 0. The molecule has 20 heavy (non-hydrogen) atoms. The van der Waals surface area contributed by atoms with E-state index in [1.54, 1.807) is 0 Å². The normalized spacial score (nSPS) is 11.5.